The predicted octanol–water partition coefficient (Wildman–Crippen LogP) is 4.51. The number of amides is 3. The number of halogens is 1. The molecule has 0 aliphatic carbocycles. The van der Waals surface area contributed by atoms with Gasteiger partial charge in [0, 0.05) is 30.1 Å². The fourth-order valence-corrected chi connectivity index (χ4v) is 4.30. The molecule has 0 spiro atoms. The lowest BCUT2D eigenvalue weighted by atomic mass is 10.2. The normalized spacial score (nSPS) is 10.8. The van der Waals surface area contributed by atoms with Crippen molar-refractivity contribution in [3.05, 3.63) is 59.6 Å². The van der Waals surface area contributed by atoms with E-state index < -0.39 is 17.7 Å². The molecule has 2 heterocycles. The maximum atomic E-state index is 12.9. The van der Waals surface area contributed by atoms with Gasteiger partial charge in [0.1, 0.15) is 17.1 Å². The highest BCUT2D eigenvalue weighted by Gasteiger charge is 2.32. The van der Waals surface area contributed by atoms with E-state index in [9.17, 15) is 14.4 Å². The molecule has 10 nitrogen and oxygen atoms in total. The third-order valence-corrected chi connectivity index (χ3v) is 5.91. The molecule has 0 radical (unpaired) electrons. The zero-order valence-electron chi connectivity index (χ0n) is 19.6. The molecule has 0 fully saturated rings. The van der Waals surface area contributed by atoms with E-state index in [1.165, 1.54) is 30.3 Å². The summed E-state index contributed by atoms with van der Waals surface area (Å²) < 4.78 is 6.81. The molecule has 3 amide bonds. The van der Waals surface area contributed by atoms with Crippen molar-refractivity contribution in [2.75, 3.05) is 16.5 Å². The van der Waals surface area contributed by atoms with Crippen molar-refractivity contribution >= 4 is 52.6 Å². The first-order chi connectivity index (χ1) is 17.3. The summed E-state index contributed by atoms with van der Waals surface area (Å²) >= 11 is 7.25. The Morgan fingerprint density at radius 1 is 1.08 bits per heavy atom. The van der Waals surface area contributed by atoms with E-state index in [1.54, 1.807) is 30.5 Å². The first-order valence-corrected chi connectivity index (χ1v) is 12.3. The Hall–Kier alpha value is -3.96. The third-order valence-electron chi connectivity index (χ3n) is 5.00. The van der Waals surface area contributed by atoms with Crippen molar-refractivity contribution in [2.45, 2.75) is 25.4 Å². The van der Waals surface area contributed by atoms with Crippen LogP contribution in [0.25, 0.3) is 22.8 Å². The first-order valence-electron chi connectivity index (χ1n) is 10.7. The van der Waals surface area contributed by atoms with Crippen LogP contribution in [0.2, 0.25) is 5.02 Å². The highest BCUT2D eigenvalue weighted by Crippen LogP contribution is 2.39. The Labute approximate surface area is 215 Å². The number of carbonyl (C=O) groups excluding carboxylic acids is 3. The van der Waals surface area contributed by atoms with Crippen LogP contribution in [0, 0.1) is 0 Å². The second-order valence-corrected chi connectivity index (χ2v) is 8.82. The van der Waals surface area contributed by atoms with Gasteiger partial charge in [0.05, 0.1) is 0 Å². The van der Waals surface area contributed by atoms with Crippen molar-refractivity contribution in [3.63, 3.8) is 0 Å². The third kappa shape index (κ3) is 5.31. The number of benzene rings is 2. The van der Waals surface area contributed by atoms with Crippen LogP contribution in [0.4, 0.5) is 11.5 Å². The van der Waals surface area contributed by atoms with E-state index >= 15 is 0 Å². The topological polar surface area (TPSA) is 123 Å². The van der Waals surface area contributed by atoms with Crippen LogP contribution in [0.15, 0.2) is 64.1 Å². The minimum Gasteiger partial charge on any atom is -0.333 e. The van der Waals surface area contributed by atoms with Crippen molar-refractivity contribution < 1.29 is 18.9 Å². The lowest BCUT2D eigenvalue weighted by Gasteiger charge is -2.19. The molecule has 2 aromatic heterocycles. The van der Waals surface area contributed by atoms with Gasteiger partial charge in [-0.3, -0.25) is 14.4 Å². The smallest absolute Gasteiger partial charge is 0.264 e. The number of hydrogen-bond donors (Lipinski definition) is 1. The molecule has 184 valence electrons. The van der Waals surface area contributed by atoms with Crippen LogP contribution in [-0.4, -0.2) is 43.9 Å². The molecule has 0 atom stereocenters. The number of imide groups is 1. The van der Waals surface area contributed by atoms with Gasteiger partial charge in [-0.2, -0.15) is 10.1 Å². The summed E-state index contributed by atoms with van der Waals surface area (Å²) in [4.78, 5) is 43.4. The molecule has 0 aliphatic rings. The molecule has 2 aromatic carbocycles. The Kier molecular flexibility index (Phi) is 7.51. The average Bonchev–Trinajstić information content (AvgIpc) is 3.44. The van der Waals surface area contributed by atoms with Gasteiger partial charge in [-0.25, -0.2) is 9.58 Å². The molecule has 36 heavy (non-hydrogen) atoms. The lowest BCUT2D eigenvalue weighted by molar-refractivity contribution is -0.124. The molecule has 0 aliphatic heterocycles. The van der Waals surface area contributed by atoms with Gasteiger partial charge in [-0.15, -0.1) is 11.8 Å². The Bertz CT molecular complexity index is 1420. The van der Waals surface area contributed by atoms with E-state index in [1.807, 2.05) is 30.3 Å². The van der Waals surface area contributed by atoms with E-state index in [0.29, 0.717) is 21.6 Å². The van der Waals surface area contributed by atoms with Gasteiger partial charge in [0.15, 0.2) is 5.82 Å². The van der Waals surface area contributed by atoms with Crippen LogP contribution >= 0.6 is 23.4 Å². The number of anilines is 2. The second kappa shape index (κ2) is 10.8. The SMILES string of the molecule is CSc1nn(CC(=O)Nc2cccc(Cl)c2)c(N(C(C)=O)C(C)=O)c1-c1nc(-c2ccccc2)no1. The minimum absolute atomic E-state index is 0.0576. The van der Waals surface area contributed by atoms with E-state index in [4.69, 9.17) is 16.1 Å². The quantitative estimate of drug-likeness (QED) is 0.350. The van der Waals surface area contributed by atoms with Crippen LogP contribution in [0.1, 0.15) is 13.8 Å². The second-order valence-electron chi connectivity index (χ2n) is 7.59. The number of thioether (sulfide) groups is 1. The van der Waals surface area contributed by atoms with Crippen LogP contribution in [-0.2, 0) is 20.9 Å². The van der Waals surface area contributed by atoms with Gasteiger partial charge in [0.25, 0.3) is 5.89 Å². The molecular formula is C24H21ClN6O4S. The Morgan fingerprint density at radius 3 is 2.44 bits per heavy atom. The molecular weight excluding hydrogens is 504 g/mol. The molecule has 4 aromatic rings. The van der Waals surface area contributed by atoms with E-state index in [0.717, 1.165) is 10.5 Å². The van der Waals surface area contributed by atoms with E-state index in [-0.39, 0.29) is 23.8 Å². The summed E-state index contributed by atoms with van der Waals surface area (Å²) in [5, 5.41) is 12.1. The van der Waals surface area contributed by atoms with Gasteiger partial charge >= 0.3 is 0 Å². The highest BCUT2D eigenvalue weighted by molar-refractivity contribution is 7.98. The number of rotatable bonds is 7. The molecule has 0 saturated heterocycles. The Balaban J connectivity index is 1.79. The molecule has 1 N–H and O–H groups in total. The van der Waals surface area contributed by atoms with Gasteiger partial charge < -0.3 is 9.84 Å². The van der Waals surface area contributed by atoms with Crippen molar-refractivity contribution in [1.29, 1.82) is 0 Å². The van der Waals surface area contributed by atoms with E-state index in [2.05, 4.69) is 20.6 Å². The molecule has 4 rings (SSSR count). The standard InChI is InChI=1S/C24H21ClN6O4S/c1-14(32)31(15(2)33)24-20(22-27-21(29-35-22)16-8-5-4-6-9-16)23(36-3)28-30(24)13-19(34)26-18-11-7-10-17(25)12-18/h4-12H,13H2,1-3H3,(H,26,34). The Morgan fingerprint density at radius 2 is 1.81 bits per heavy atom. The maximum Gasteiger partial charge on any atom is 0.264 e. The molecule has 12 heteroatoms. The number of aromatic nitrogens is 4. The largest absolute Gasteiger partial charge is 0.333 e. The molecule has 0 saturated carbocycles. The summed E-state index contributed by atoms with van der Waals surface area (Å²) in [6, 6.07) is 15.9. The average molecular weight is 525 g/mol. The lowest BCUT2D eigenvalue weighted by Crippen LogP contribution is -2.36. The molecule has 0 bridgehead atoms. The summed E-state index contributed by atoms with van der Waals surface area (Å²) in [6.45, 7) is 2.19. The monoisotopic (exact) mass is 524 g/mol. The number of nitrogens with one attached hydrogen (secondary N) is 1. The van der Waals surface area contributed by atoms with Crippen LogP contribution in [0.3, 0.4) is 0 Å². The summed E-state index contributed by atoms with van der Waals surface area (Å²) in [5.74, 6) is -1.12. The fraction of sp³-hybridized carbons (Fsp3) is 0.167. The zero-order chi connectivity index (χ0) is 25.8. The zero-order valence-corrected chi connectivity index (χ0v) is 21.1. The van der Waals surface area contributed by atoms with Gasteiger partial charge in [-0.1, -0.05) is 53.2 Å². The minimum atomic E-state index is -0.560. The number of nitrogens with zero attached hydrogens (tertiary/aromatic N) is 5. The maximum absolute atomic E-state index is 12.9. The van der Waals surface area contributed by atoms with Crippen molar-refractivity contribution in [3.8, 4) is 22.8 Å². The van der Waals surface area contributed by atoms with Gasteiger partial charge in [-0.05, 0) is 24.5 Å². The molecule has 0 unspecified atom stereocenters. The number of carbonyl (C=O) groups is 3. The number of hydrogen-bond acceptors (Lipinski definition) is 8. The first kappa shape index (κ1) is 25.1. The van der Waals surface area contributed by atoms with Crippen molar-refractivity contribution in [2.24, 2.45) is 0 Å². The summed E-state index contributed by atoms with van der Waals surface area (Å²) in [5.41, 5.74) is 1.49. The fourth-order valence-electron chi connectivity index (χ4n) is 3.55. The summed E-state index contributed by atoms with van der Waals surface area (Å²) in [6.07, 6.45) is 1.77. The summed E-state index contributed by atoms with van der Waals surface area (Å²) in [7, 11) is 0. The van der Waals surface area contributed by atoms with Crippen molar-refractivity contribution in [1.82, 2.24) is 19.9 Å². The van der Waals surface area contributed by atoms with Crippen LogP contribution < -0.4 is 10.2 Å². The highest BCUT2D eigenvalue weighted by atomic mass is 35.5. The predicted molar refractivity (Wildman–Crippen MR) is 137 cm³/mol. The van der Waals surface area contributed by atoms with Gasteiger partial charge in [0.2, 0.25) is 23.5 Å². The van der Waals surface area contributed by atoms with Crippen LogP contribution in [0.5, 0.6) is 0 Å².